The quantitative estimate of drug-likeness (QED) is 0.649. The first-order chi connectivity index (χ1) is 13.0. The maximum Gasteiger partial charge on any atom is 0.324 e. The molecule has 0 bridgehead atoms. The molecule has 142 valence electrons. The highest BCUT2D eigenvalue weighted by atomic mass is 16.5. The van der Waals surface area contributed by atoms with Crippen LogP contribution in [0.5, 0.6) is 5.75 Å². The number of hydrogen-bond donors (Lipinski definition) is 1. The number of methoxy groups -OCH3 is 2. The van der Waals surface area contributed by atoms with Crippen LogP contribution in [0.3, 0.4) is 0 Å². The van der Waals surface area contributed by atoms with Crippen LogP contribution in [-0.4, -0.2) is 36.4 Å². The number of oxazole rings is 1. The van der Waals surface area contributed by atoms with Crippen LogP contribution >= 0.6 is 0 Å². The third kappa shape index (κ3) is 3.33. The number of nitrogens with zero attached hydrogens (tertiary/aromatic N) is 1. The molecule has 0 saturated carbocycles. The van der Waals surface area contributed by atoms with E-state index in [-0.39, 0.29) is 12.2 Å². The summed E-state index contributed by atoms with van der Waals surface area (Å²) in [6.45, 7) is 1.87. The zero-order valence-electron chi connectivity index (χ0n) is 15.3. The number of carboxylic acid groups (broad SMARTS) is 1. The van der Waals surface area contributed by atoms with Crippen LogP contribution in [0.4, 0.5) is 0 Å². The van der Waals surface area contributed by atoms with E-state index in [1.165, 1.54) is 32.9 Å². The van der Waals surface area contributed by atoms with E-state index in [1.807, 2.05) is 13.0 Å². The Morgan fingerprint density at radius 2 is 2.07 bits per heavy atom. The van der Waals surface area contributed by atoms with Crippen molar-refractivity contribution >= 4 is 5.97 Å². The Hall–Kier alpha value is -3.06. The van der Waals surface area contributed by atoms with E-state index >= 15 is 0 Å². The van der Waals surface area contributed by atoms with Gasteiger partial charge in [0, 0.05) is 7.11 Å². The Kier molecular flexibility index (Phi) is 5.32. The average molecular weight is 371 g/mol. The first kappa shape index (κ1) is 18.7. The lowest BCUT2D eigenvalue weighted by Crippen LogP contribution is -2.49. The predicted octanol–water partition coefficient (Wildman–Crippen LogP) is 3.21. The first-order valence-electron chi connectivity index (χ1n) is 8.37. The smallest absolute Gasteiger partial charge is 0.324 e. The molecule has 0 fully saturated rings. The molecule has 2 aromatic heterocycles. The van der Waals surface area contributed by atoms with Gasteiger partial charge < -0.3 is 23.4 Å². The molecule has 0 spiro atoms. The third-order valence-electron chi connectivity index (χ3n) is 4.60. The van der Waals surface area contributed by atoms with E-state index < -0.39 is 17.5 Å². The minimum Gasteiger partial charge on any atom is -0.497 e. The molecule has 0 aliphatic rings. The Labute approximate surface area is 156 Å². The normalized spacial score (nSPS) is 14.5. The summed E-state index contributed by atoms with van der Waals surface area (Å²) in [7, 11) is 3.00. The maximum atomic E-state index is 12.7. The van der Waals surface area contributed by atoms with Crippen molar-refractivity contribution in [2.45, 2.75) is 24.9 Å². The SMILES string of the molecule is COc1cc(C)cc(C(C(=O)O)(c2ccco2)C(Cc2ncco2)OC)c1. The van der Waals surface area contributed by atoms with Gasteiger partial charge in [0.1, 0.15) is 17.8 Å². The molecule has 27 heavy (non-hydrogen) atoms. The molecule has 7 heteroatoms. The van der Waals surface area contributed by atoms with Gasteiger partial charge in [0.25, 0.3) is 0 Å². The van der Waals surface area contributed by atoms with Gasteiger partial charge in [0.05, 0.1) is 32.1 Å². The van der Waals surface area contributed by atoms with Crippen LogP contribution in [0, 0.1) is 6.92 Å². The summed E-state index contributed by atoms with van der Waals surface area (Å²) < 4.78 is 21.9. The summed E-state index contributed by atoms with van der Waals surface area (Å²) in [4.78, 5) is 16.8. The third-order valence-corrected chi connectivity index (χ3v) is 4.60. The minimum absolute atomic E-state index is 0.146. The van der Waals surface area contributed by atoms with E-state index in [4.69, 9.17) is 18.3 Å². The van der Waals surface area contributed by atoms with Gasteiger partial charge in [-0.05, 0) is 42.3 Å². The number of furan rings is 1. The predicted molar refractivity (Wildman–Crippen MR) is 95.9 cm³/mol. The summed E-state index contributed by atoms with van der Waals surface area (Å²) in [5.74, 6) is 0.0661. The number of benzene rings is 1. The van der Waals surface area contributed by atoms with E-state index in [1.54, 1.807) is 24.3 Å². The van der Waals surface area contributed by atoms with Gasteiger partial charge in [-0.3, -0.25) is 4.79 Å². The van der Waals surface area contributed by atoms with Crippen LogP contribution in [0.15, 0.2) is 57.9 Å². The molecule has 0 aliphatic carbocycles. The fraction of sp³-hybridized carbons (Fsp3) is 0.300. The molecule has 2 unspecified atom stereocenters. The highest BCUT2D eigenvalue weighted by Crippen LogP contribution is 2.41. The van der Waals surface area contributed by atoms with Crippen molar-refractivity contribution in [3.05, 3.63) is 71.8 Å². The Morgan fingerprint density at radius 1 is 1.26 bits per heavy atom. The van der Waals surface area contributed by atoms with Crippen molar-refractivity contribution in [3.63, 3.8) is 0 Å². The van der Waals surface area contributed by atoms with E-state index in [9.17, 15) is 9.90 Å². The summed E-state index contributed by atoms with van der Waals surface area (Å²) in [5, 5.41) is 10.4. The summed E-state index contributed by atoms with van der Waals surface area (Å²) in [6, 6.07) is 8.59. The van der Waals surface area contributed by atoms with Gasteiger partial charge >= 0.3 is 5.97 Å². The van der Waals surface area contributed by atoms with Gasteiger partial charge in [-0.25, -0.2) is 4.98 Å². The van der Waals surface area contributed by atoms with Gasteiger partial charge in [-0.1, -0.05) is 6.07 Å². The Morgan fingerprint density at radius 3 is 2.63 bits per heavy atom. The molecule has 3 rings (SSSR count). The topological polar surface area (TPSA) is 94.9 Å². The zero-order chi connectivity index (χ0) is 19.4. The summed E-state index contributed by atoms with van der Waals surface area (Å²) >= 11 is 0. The second-order valence-corrected chi connectivity index (χ2v) is 6.18. The van der Waals surface area contributed by atoms with Gasteiger partial charge in [0.2, 0.25) is 0 Å². The number of aromatic nitrogens is 1. The second kappa shape index (κ2) is 7.67. The number of ether oxygens (including phenoxy) is 2. The van der Waals surface area contributed by atoms with Crippen LogP contribution in [0.1, 0.15) is 22.8 Å². The van der Waals surface area contributed by atoms with Crippen LogP contribution in [0.2, 0.25) is 0 Å². The number of carbonyl (C=O) groups is 1. The molecule has 0 amide bonds. The van der Waals surface area contributed by atoms with E-state index in [2.05, 4.69) is 4.98 Å². The fourth-order valence-corrected chi connectivity index (χ4v) is 3.38. The maximum absolute atomic E-state index is 12.7. The highest BCUT2D eigenvalue weighted by molar-refractivity contribution is 5.86. The average Bonchev–Trinajstić information content (AvgIpc) is 3.34. The van der Waals surface area contributed by atoms with Gasteiger partial charge in [0.15, 0.2) is 11.3 Å². The molecule has 1 N–H and O–H groups in total. The molecule has 1 aromatic carbocycles. The molecule has 0 aliphatic heterocycles. The van der Waals surface area contributed by atoms with Crippen molar-refractivity contribution in [2.75, 3.05) is 14.2 Å². The molecule has 7 nitrogen and oxygen atoms in total. The van der Waals surface area contributed by atoms with E-state index in [0.717, 1.165) is 5.56 Å². The Balaban J connectivity index is 2.25. The molecule has 0 radical (unpaired) electrons. The van der Waals surface area contributed by atoms with Crippen molar-refractivity contribution in [2.24, 2.45) is 0 Å². The standard InChI is InChI=1S/C20H21NO6/c1-13-9-14(11-15(10-13)24-2)20(19(22)23,16-5-4-7-26-16)17(25-3)12-18-21-6-8-27-18/h4-11,17H,12H2,1-3H3,(H,22,23). The molecule has 2 atom stereocenters. The lowest BCUT2D eigenvalue weighted by atomic mass is 9.71. The lowest BCUT2D eigenvalue weighted by Gasteiger charge is -2.35. The first-order valence-corrected chi connectivity index (χ1v) is 8.37. The van der Waals surface area contributed by atoms with Crippen LogP contribution < -0.4 is 4.74 Å². The largest absolute Gasteiger partial charge is 0.497 e. The van der Waals surface area contributed by atoms with Crippen molar-refractivity contribution in [1.82, 2.24) is 4.98 Å². The van der Waals surface area contributed by atoms with E-state index in [0.29, 0.717) is 17.2 Å². The van der Waals surface area contributed by atoms with Crippen molar-refractivity contribution < 1.29 is 28.2 Å². The molecule has 3 aromatic rings. The number of carboxylic acids is 1. The van der Waals surface area contributed by atoms with Gasteiger partial charge in [-0.15, -0.1) is 0 Å². The number of aryl methyl sites for hydroxylation is 1. The summed E-state index contributed by atoms with van der Waals surface area (Å²) in [6.07, 6.45) is 3.69. The highest BCUT2D eigenvalue weighted by Gasteiger charge is 2.53. The molecule has 0 saturated heterocycles. The van der Waals surface area contributed by atoms with Gasteiger partial charge in [-0.2, -0.15) is 0 Å². The monoisotopic (exact) mass is 371 g/mol. The number of hydrogen-bond acceptors (Lipinski definition) is 6. The van der Waals surface area contributed by atoms with Crippen LogP contribution in [-0.2, 0) is 21.4 Å². The fourth-order valence-electron chi connectivity index (χ4n) is 3.38. The lowest BCUT2D eigenvalue weighted by molar-refractivity contribution is -0.148. The molecule has 2 heterocycles. The molecular weight excluding hydrogens is 350 g/mol. The zero-order valence-corrected chi connectivity index (χ0v) is 15.3. The van der Waals surface area contributed by atoms with Crippen molar-refractivity contribution in [3.8, 4) is 5.75 Å². The second-order valence-electron chi connectivity index (χ2n) is 6.18. The minimum atomic E-state index is -1.62. The Bertz CT molecular complexity index is 887. The number of rotatable bonds is 8. The molecular formula is C20H21NO6. The summed E-state index contributed by atoms with van der Waals surface area (Å²) in [5.41, 5.74) is -0.279. The number of aliphatic carboxylic acids is 1. The van der Waals surface area contributed by atoms with Crippen LogP contribution in [0.25, 0.3) is 0 Å². The van der Waals surface area contributed by atoms with Crippen molar-refractivity contribution in [1.29, 1.82) is 0 Å².